The van der Waals surface area contributed by atoms with Crippen molar-refractivity contribution >= 4 is 17.5 Å². The molecule has 0 aliphatic carbocycles. The van der Waals surface area contributed by atoms with Crippen LogP contribution in [0.25, 0.3) is 0 Å². The summed E-state index contributed by atoms with van der Waals surface area (Å²) in [6, 6.07) is 7.88. The zero-order chi connectivity index (χ0) is 9.97. The molecule has 74 valence electrons. The Morgan fingerprint density at radius 1 is 1.43 bits per heavy atom. The first-order chi connectivity index (χ1) is 6.79. The second-order valence-electron chi connectivity index (χ2n) is 3.31. The van der Waals surface area contributed by atoms with Crippen molar-refractivity contribution in [2.24, 2.45) is 4.99 Å². The predicted molar refractivity (Wildman–Crippen MR) is 58.0 cm³/mol. The van der Waals surface area contributed by atoms with Crippen LogP contribution in [-0.4, -0.2) is 18.5 Å². The molecular weight excluding hydrogens is 198 g/mol. The van der Waals surface area contributed by atoms with Gasteiger partial charge in [0, 0.05) is 10.6 Å². The molecular formula is C11H12ClNO. The average molecular weight is 210 g/mol. The molecule has 0 amide bonds. The minimum atomic E-state index is 0.320. The Morgan fingerprint density at radius 3 is 2.71 bits per heavy atom. The number of aliphatic imine (C=N–C) groups is 1. The molecule has 0 unspecified atom stereocenters. The van der Waals surface area contributed by atoms with Gasteiger partial charge in [0.1, 0.15) is 6.61 Å². The number of ether oxygens (including phenoxy) is 1. The quantitative estimate of drug-likeness (QED) is 0.734. The van der Waals surface area contributed by atoms with Gasteiger partial charge in [0.2, 0.25) is 5.90 Å². The van der Waals surface area contributed by atoms with Gasteiger partial charge in [0.05, 0.1) is 6.04 Å². The van der Waals surface area contributed by atoms with Gasteiger partial charge in [-0.25, -0.2) is 4.99 Å². The third kappa shape index (κ3) is 1.90. The van der Waals surface area contributed by atoms with Crippen molar-refractivity contribution in [1.82, 2.24) is 0 Å². The highest BCUT2D eigenvalue weighted by molar-refractivity contribution is 6.30. The van der Waals surface area contributed by atoms with E-state index < -0.39 is 0 Å². The number of benzene rings is 1. The van der Waals surface area contributed by atoms with E-state index in [1.165, 1.54) is 0 Å². The lowest BCUT2D eigenvalue weighted by atomic mass is 10.2. The summed E-state index contributed by atoms with van der Waals surface area (Å²) in [6.07, 6.45) is 1.02. The highest BCUT2D eigenvalue weighted by Crippen LogP contribution is 2.16. The topological polar surface area (TPSA) is 21.6 Å². The Hall–Kier alpha value is -1.02. The molecule has 0 spiro atoms. The van der Waals surface area contributed by atoms with Crippen molar-refractivity contribution in [3.05, 3.63) is 34.9 Å². The maximum absolute atomic E-state index is 5.79. The second-order valence-corrected chi connectivity index (χ2v) is 3.75. The lowest BCUT2D eigenvalue weighted by molar-refractivity contribution is 0.315. The normalized spacial score (nSPS) is 20.4. The van der Waals surface area contributed by atoms with E-state index in [9.17, 15) is 0 Å². The van der Waals surface area contributed by atoms with Gasteiger partial charge in [-0.2, -0.15) is 0 Å². The molecule has 1 aliphatic heterocycles. The lowest BCUT2D eigenvalue weighted by Crippen LogP contribution is -2.03. The number of rotatable bonds is 2. The molecule has 0 aromatic heterocycles. The van der Waals surface area contributed by atoms with Gasteiger partial charge in [-0.15, -0.1) is 0 Å². The van der Waals surface area contributed by atoms with Crippen LogP contribution in [-0.2, 0) is 4.74 Å². The van der Waals surface area contributed by atoms with Crippen molar-refractivity contribution in [1.29, 1.82) is 0 Å². The zero-order valence-corrected chi connectivity index (χ0v) is 8.79. The Bertz CT molecular complexity index is 345. The summed E-state index contributed by atoms with van der Waals surface area (Å²) in [5.74, 6) is 0.744. The Labute approximate surface area is 88.6 Å². The molecule has 0 N–H and O–H groups in total. The van der Waals surface area contributed by atoms with E-state index in [0.29, 0.717) is 12.6 Å². The zero-order valence-electron chi connectivity index (χ0n) is 8.03. The van der Waals surface area contributed by atoms with Gasteiger partial charge >= 0.3 is 0 Å². The summed E-state index contributed by atoms with van der Waals surface area (Å²) in [7, 11) is 0. The first kappa shape index (κ1) is 9.53. The van der Waals surface area contributed by atoms with E-state index in [1.807, 2.05) is 24.3 Å². The summed E-state index contributed by atoms with van der Waals surface area (Å²) >= 11 is 5.79. The fraction of sp³-hybridized carbons (Fsp3) is 0.364. The summed E-state index contributed by atoms with van der Waals surface area (Å²) in [5.41, 5.74) is 1.00. The van der Waals surface area contributed by atoms with Crippen LogP contribution in [0.15, 0.2) is 29.3 Å². The minimum Gasteiger partial charge on any atom is -0.475 e. The van der Waals surface area contributed by atoms with Gasteiger partial charge in [-0.3, -0.25) is 0 Å². The van der Waals surface area contributed by atoms with Crippen LogP contribution in [0.3, 0.4) is 0 Å². The molecule has 0 fully saturated rings. The fourth-order valence-electron chi connectivity index (χ4n) is 1.37. The molecule has 2 nitrogen and oxygen atoms in total. The predicted octanol–water partition coefficient (Wildman–Crippen LogP) is 2.90. The largest absolute Gasteiger partial charge is 0.475 e. The SMILES string of the molecule is CC[C@H]1COC(c2ccc(Cl)cc2)=N1. The van der Waals surface area contributed by atoms with Gasteiger partial charge in [0.25, 0.3) is 0 Å². The summed E-state index contributed by atoms with van der Waals surface area (Å²) in [5, 5.41) is 0.736. The number of halogens is 1. The van der Waals surface area contributed by atoms with Crippen molar-refractivity contribution in [2.75, 3.05) is 6.61 Å². The molecule has 1 aromatic rings. The molecule has 1 aliphatic rings. The summed E-state index contributed by atoms with van der Waals surface area (Å²) < 4.78 is 5.49. The molecule has 1 atom stereocenters. The molecule has 2 rings (SSSR count). The average Bonchev–Trinajstić information content (AvgIpc) is 2.67. The van der Waals surface area contributed by atoms with E-state index in [0.717, 1.165) is 22.9 Å². The van der Waals surface area contributed by atoms with Crippen molar-refractivity contribution in [3.8, 4) is 0 Å². The minimum absolute atomic E-state index is 0.320. The Kier molecular flexibility index (Phi) is 2.73. The first-order valence-electron chi connectivity index (χ1n) is 4.76. The molecule has 0 radical (unpaired) electrons. The monoisotopic (exact) mass is 209 g/mol. The highest BCUT2D eigenvalue weighted by Gasteiger charge is 2.17. The summed E-state index contributed by atoms with van der Waals surface area (Å²) in [4.78, 5) is 4.46. The van der Waals surface area contributed by atoms with Gasteiger partial charge in [0.15, 0.2) is 0 Å². The molecule has 1 heterocycles. The van der Waals surface area contributed by atoms with E-state index in [1.54, 1.807) is 0 Å². The Morgan fingerprint density at radius 2 is 2.14 bits per heavy atom. The number of hydrogen-bond acceptors (Lipinski definition) is 2. The van der Waals surface area contributed by atoms with Crippen molar-refractivity contribution in [3.63, 3.8) is 0 Å². The smallest absolute Gasteiger partial charge is 0.216 e. The third-order valence-electron chi connectivity index (χ3n) is 2.27. The maximum atomic E-state index is 5.79. The third-order valence-corrected chi connectivity index (χ3v) is 2.53. The molecule has 0 saturated carbocycles. The van der Waals surface area contributed by atoms with E-state index in [4.69, 9.17) is 16.3 Å². The first-order valence-corrected chi connectivity index (χ1v) is 5.14. The fourth-order valence-corrected chi connectivity index (χ4v) is 1.50. The van der Waals surface area contributed by atoms with Crippen LogP contribution in [0.4, 0.5) is 0 Å². The van der Waals surface area contributed by atoms with Crippen LogP contribution in [0.2, 0.25) is 5.02 Å². The summed E-state index contributed by atoms with van der Waals surface area (Å²) in [6.45, 7) is 2.82. The van der Waals surface area contributed by atoms with Crippen LogP contribution < -0.4 is 0 Å². The van der Waals surface area contributed by atoms with Gasteiger partial charge in [-0.1, -0.05) is 18.5 Å². The molecule has 1 aromatic carbocycles. The lowest BCUT2D eigenvalue weighted by Gasteiger charge is -2.00. The van der Waals surface area contributed by atoms with Crippen LogP contribution in [0.1, 0.15) is 18.9 Å². The molecule has 3 heteroatoms. The van der Waals surface area contributed by atoms with E-state index >= 15 is 0 Å². The number of nitrogens with zero attached hydrogens (tertiary/aromatic N) is 1. The van der Waals surface area contributed by atoms with Crippen molar-refractivity contribution < 1.29 is 4.74 Å². The Balaban J connectivity index is 2.20. The maximum Gasteiger partial charge on any atom is 0.216 e. The molecule has 14 heavy (non-hydrogen) atoms. The standard InChI is InChI=1S/C11H12ClNO/c1-2-10-7-14-11(13-10)8-3-5-9(12)6-4-8/h3-6,10H,2,7H2,1H3/t10-/m0/s1. The van der Waals surface area contributed by atoms with Crippen molar-refractivity contribution in [2.45, 2.75) is 19.4 Å². The van der Waals surface area contributed by atoms with E-state index in [2.05, 4.69) is 11.9 Å². The van der Waals surface area contributed by atoms with Gasteiger partial charge < -0.3 is 4.74 Å². The van der Waals surface area contributed by atoms with Crippen LogP contribution >= 0.6 is 11.6 Å². The highest BCUT2D eigenvalue weighted by atomic mass is 35.5. The van der Waals surface area contributed by atoms with E-state index in [-0.39, 0.29) is 0 Å². The second kappa shape index (κ2) is 4.01. The number of hydrogen-bond donors (Lipinski definition) is 0. The molecule has 0 saturated heterocycles. The molecule has 0 bridgehead atoms. The van der Waals surface area contributed by atoms with Gasteiger partial charge in [-0.05, 0) is 30.7 Å². The van der Waals surface area contributed by atoms with Crippen LogP contribution in [0, 0.1) is 0 Å². The van der Waals surface area contributed by atoms with Crippen LogP contribution in [0.5, 0.6) is 0 Å².